The number of amides is 4. The highest BCUT2D eigenvalue weighted by Crippen LogP contribution is 2.64. The summed E-state index contributed by atoms with van der Waals surface area (Å²) in [6, 6.07) is 0.299. The third kappa shape index (κ3) is 2.04. The van der Waals surface area contributed by atoms with Gasteiger partial charge in [-0.1, -0.05) is 0 Å². The number of urea groups is 1. The molecule has 0 bridgehead atoms. The highest BCUT2D eigenvalue weighted by Gasteiger charge is 2.67. The van der Waals surface area contributed by atoms with Crippen molar-refractivity contribution >= 4 is 29.6 Å². The highest BCUT2D eigenvalue weighted by atomic mass is 16.6. The van der Waals surface area contributed by atoms with Crippen molar-refractivity contribution in [3.63, 3.8) is 0 Å². The maximum Gasteiger partial charge on any atom is 0.321 e. The van der Waals surface area contributed by atoms with Gasteiger partial charge in [0.2, 0.25) is 17.6 Å². The zero-order valence-electron chi connectivity index (χ0n) is 17.6. The monoisotopic (exact) mass is 453 g/mol. The van der Waals surface area contributed by atoms with E-state index < -0.39 is 53.9 Å². The summed E-state index contributed by atoms with van der Waals surface area (Å²) in [6.07, 6.45) is -0.636. The third-order valence-corrected chi connectivity index (χ3v) is 8.27. The Balaban J connectivity index is 1.35. The molecule has 11 heteroatoms. The summed E-state index contributed by atoms with van der Waals surface area (Å²) < 4.78 is 17.4. The van der Waals surface area contributed by atoms with E-state index in [0.717, 1.165) is 5.56 Å². The van der Waals surface area contributed by atoms with Crippen LogP contribution >= 0.6 is 0 Å². The second kappa shape index (κ2) is 5.83. The zero-order chi connectivity index (χ0) is 22.9. The summed E-state index contributed by atoms with van der Waals surface area (Å²) in [5.74, 6) is -2.91. The molecule has 1 aromatic carbocycles. The summed E-state index contributed by atoms with van der Waals surface area (Å²) in [6.45, 7) is 0. The molecule has 0 aromatic heterocycles. The van der Waals surface area contributed by atoms with Crippen molar-refractivity contribution in [1.29, 1.82) is 0 Å². The molecule has 4 aliphatic heterocycles. The summed E-state index contributed by atoms with van der Waals surface area (Å²) in [5.41, 5.74) is 1.39. The molecule has 7 rings (SSSR count). The van der Waals surface area contributed by atoms with Crippen LogP contribution in [0.4, 0.5) is 4.79 Å². The lowest BCUT2D eigenvalue weighted by Gasteiger charge is -2.57. The summed E-state index contributed by atoms with van der Waals surface area (Å²) in [5, 5.41) is 5.04. The van der Waals surface area contributed by atoms with E-state index in [-0.39, 0.29) is 41.4 Å². The van der Waals surface area contributed by atoms with E-state index in [2.05, 4.69) is 10.6 Å². The van der Waals surface area contributed by atoms with Gasteiger partial charge in [-0.2, -0.15) is 0 Å². The Bertz CT molecular complexity index is 1230. The number of nitrogens with zero attached hydrogens (tertiary/aromatic N) is 1. The molecule has 11 nitrogen and oxygen atoms in total. The van der Waals surface area contributed by atoms with Crippen LogP contribution in [-0.4, -0.2) is 66.8 Å². The number of nitrogens with one attached hydrogen (secondary N) is 2. The Labute approximate surface area is 186 Å². The number of carbonyl (C=O) groups excluding carboxylic acids is 5. The number of piperidine rings is 1. The van der Waals surface area contributed by atoms with E-state index in [0.29, 0.717) is 11.3 Å². The number of Topliss-reactive ketones (excluding diaryl/α,β-unsaturated/α-hetero) is 1. The number of rotatable bonds is 1. The smallest absolute Gasteiger partial charge is 0.321 e. The van der Waals surface area contributed by atoms with Gasteiger partial charge in [0, 0.05) is 35.9 Å². The van der Waals surface area contributed by atoms with Crippen LogP contribution in [0.2, 0.25) is 0 Å². The molecule has 0 radical (unpaired) electrons. The number of benzene rings is 1. The van der Waals surface area contributed by atoms with E-state index in [4.69, 9.17) is 14.2 Å². The molecule has 4 amide bonds. The fraction of sp³-hybridized carbons (Fsp3) is 0.500. The minimum atomic E-state index is -0.645. The number of hydrogen-bond donors (Lipinski definition) is 2. The second-order valence-corrected chi connectivity index (χ2v) is 9.51. The molecule has 8 atom stereocenters. The first-order valence-electron chi connectivity index (χ1n) is 10.8. The SMILES string of the molecule is COc1c2c(cc3c1OC(=O)C1C3C3C(=O)CC(=O)N(C)C31)C1C(O2)C2NC(=O)NC(=O)C21. The van der Waals surface area contributed by atoms with E-state index in [1.54, 1.807) is 7.05 Å². The van der Waals surface area contributed by atoms with Crippen LogP contribution in [0.3, 0.4) is 0 Å². The largest absolute Gasteiger partial charge is 0.490 e. The number of hydrogen-bond acceptors (Lipinski definition) is 8. The summed E-state index contributed by atoms with van der Waals surface area (Å²) in [4.78, 5) is 63.7. The Morgan fingerprint density at radius 1 is 1.00 bits per heavy atom. The summed E-state index contributed by atoms with van der Waals surface area (Å²) in [7, 11) is 3.04. The molecule has 33 heavy (non-hydrogen) atoms. The molecule has 8 unspecified atom stereocenters. The molecule has 2 aliphatic carbocycles. The lowest BCUT2D eigenvalue weighted by molar-refractivity contribution is -0.170. The van der Waals surface area contributed by atoms with Gasteiger partial charge in [-0.3, -0.25) is 24.5 Å². The van der Waals surface area contributed by atoms with E-state index in [9.17, 15) is 24.0 Å². The lowest BCUT2D eigenvalue weighted by Crippen LogP contribution is -2.72. The molecule has 0 spiro atoms. The van der Waals surface area contributed by atoms with E-state index in [1.165, 1.54) is 12.0 Å². The van der Waals surface area contributed by atoms with Crippen LogP contribution in [0.15, 0.2) is 6.07 Å². The van der Waals surface area contributed by atoms with Gasteiger partial charge in [-0.25, -0.2) is 4.79 Å². The molecular weight excluding hydrogens is 434 g/mol. The van der Waals surface area contributed by atoms with Crippen LogP contribution in [0.5, 0.6) is 17.2 Å². The minimum absolute atomic E-state index is 0.184. The number of ketones is 1. The number of carbonyl (C=O) groups is 5. The topological polar surface area (TPSA) is 140 Å². The predicted octanol–water partition coefficient (Wildman–Crippen LogP) is -0.574. The normalized spacial score (nSPS) is 39.1. The lowest BCUT2D eigenvalue weighted by atomic mass is 9.53. The first-order valence-corrected chi connectivity index (χ1v) is 10.8. The number of esters is 1. The number of methoxy groups -OCH3 is 1. The van der Waals surface area contributed by atoms with Crippen molar-refractivity contribution in [2.75, 3.05) is 14.2 Å². The Hall–Kier alpha value is -3.63. The first kappa shape index (κ1) is 18.9. The molecular formula is C22H19N3O8. The predicted molar refractivity (Wildman–Crippen MR) is 106 cm³/mol. The molecule has 4 heterocycles. The molecule has 4 fully saturated rings. The maximum atomic E-state index is 13.0. The molecule has 6 aliphatic rings. The fourth-order valence-electron chi connectivity index (χ4n) is 6.81. The molecule has 1 aromatic rings. The Morgan fingerprint density at radius 3 is 2.52 bits per heavy atom. The Morgan fingerprint density at radius 2 is 1.76 bits per heavy atom. The van der Waals surface area contributed by atoms with Gasteiger partial charge in [-0.15, -0.1) is 0 Å². The standard InChI is InChI=1S/C22H19N3O8/c1-25-8(27)4-7(26)11-9-5-3-6-10-12-14(23-22(30)24-20(12)28)18(10)32-16(6)19(31-2)17(5)33-21(29)13(9)15(11)25/h3,9-15,18H,4H2,1-2H3,(H2,23,24,28,30). The van der Waals surface area contributed by atoms with Gasteiger partial charge in [-0.05, 0) is 6.07 Å². The third-order valence-electron chi connectivity index (χ3n) is 8.27. The maximum absolute atomic E-state index is 13.0. The molecule has 2 saturated heterocycles. The van der Waals surface area contributed by atoms with Gasteiger partial charge in [0.1, 0.15) is 11.9 Å². The van der Waals surface area contributed by atoms with Crippen LogP contribution < -0.4 is 24.8 Å². The van der Waals surface area contributed by atoms with Crippen LogP contribution in [0, 0.1) is 17.8 Å². The quantitative estimate of drug-likeness (QED) is 0.327. The number of fused-ring (bicyclic) bond motifs is 12. The van der Waals surface area contributed by atoms with Gasteiger partial charge in [0.15, 0.2) is 11.5 Å². The Kier molecular flexibility index (Phi) is 3.34. The highest BCUT2D eigenvalue weighted by molar-refractivity contribution is 6.05. The van der Waals surface area contributed by atoms with Crippen molar-refractivity contribution in [3.8, 4) is 17.2 Å². The fourth-order valence-corrected chi connectivity index (χ4v) is 6.81. The van der Waals surface area contributed by atoms with Crippen molar-refractivity contribution in [1.82, 2.24) is 15.5 Å². The summed E-state index contributed by atoms with van der Waals surface area (Å²) >= 11 is 0. The first-order chi connectivity index (χ1) is 15.8. The number of imide groups is 1. The van der Waals surface area contributed by atoms with Crippen molar-refractivity contribution < 1.29 is 38.2 Å². The van der Waals surface area contributed by atoms with Crippen LogP contribution in [0.1, 0.15) is 29.4 Å². The molecule has 2 N–H and O–H groups in total. The van der Waals surface area contributed by atoms with Gasteiger partial charge in [0.25, 0.3) is 0 Å². The van der Waals surface area contributed by atoms with Gasteiger partial charge >= 0.3 is 12.0 Å². The number of likely N-dealkylation sites (tertiary alicyclic amines) is 1. The van der Waals surface area contributed by atoms with Crippen molar-refractivity contribution in [3.05, 3.63) is 17.2 Å². The molecule has 170 valence electrons. The van der Waals surface area contributed by atoms with Crippen molar-refractivity contribution in [2.45, 2.75) is 36.4 Å². The zero-order valence-corrected chi connectivity index (χ0v) is 17.6. The van der Waals surface area contributed by atoms with Crippen molar-refractivity contribution in [2.24, 2.45) is 17.8 Å². The van der Waals surface area contributed by atoms with E-state index >= 15 is 0 Å². The number of ether oxygens (including phenoxy) is 3. The average Bonchev–Trinajstić information content (AvgIpc) is 3.03. The second-order valence-electron chi connectivity index (χ2n) is 9.51. The van der Waals surface area contributed by atoms with Gasteiger partial charge < -0.3 is 24.4 Å². The minimum Gasteiger partial charge on any atom is -0.490 e. The van der Waals surface area contributed by atoms with E-state index in [1.807, 2.05) is 6.07 Å². The molecule has 2 saturated carbocycles. The van der Waals surface area contributed by atoms with Crippen LogP contribution in [-0.2, 0) is 19.2 Å². The average molecular weight is 453 g/mol. The van der Waals surface area contributed by atoms with Crippen LogP contribution in [0.25, 0.3) is 0 Å². The van der Waals surface area contributed by atoms with Gasteiger partial charge in [0.05, 0.1) is 37.5 Å².